The van der Waals surface area contributed by atoms with Crippen LogP contribution in [0.5, 0.6) is 5.75 Å². The molecule has 3 aromatic rings. The van der Waals surface area contributed by atoms with Crippen molar-refractivity contribution in [1.29, 1.82) is 0 Å². The number of carbonyl (C=O) groups excluding carboxylic acids is 1. The van der Waals surface area contributed by atoms with E-state index in [9.17, 15) is 4.79 Å². The van der Waals surface area contributed by atoms with E-state index in [4.69, 9.17) is 4.74 Å². The van der Waals surface area contributed by atoms with Gasteiger partial charge in [-0.05, 0) is 44.0 Å². The normalized spacial score (nSPS) is 14.8. The van der Waals surface area contributed by atoms with Crippen LogP contribution in [0.3, 0.4) is 0 Å². The standard InChI is InChI=1S/C22H24N4O2S/c1-16(21(27)25-13-6-7-14-25)29-22-24-23-20(17-9-8-12-19(15-17)28-2)26(22)18-10-4-3-5-11-18/h3-5,8-12,15-16H,6-7,13-14H2,1-2H3. The SMILES string of the molecule is COc1cccc(-c2nnc(SC(C)C(=O)N3CCCC3)n2-c2ccccc2)c1. The zero-order chi connectivity index (χ0) is 20.2. The fourth-order valence-electron chi connectivity index (χ4n) is 3.51. The molecule has 0 radical (unpaired) electrons. The predicted octanol–water partition coefficient (Wildman–Crippen LogP) is 4.05. The molecule has 0 saturated carbocycles. The van der Waals surface area contributed by atoms with Crippen LogP contribution in [0.4, 0.5) is 0 Å². The number of carbonyl (C=O) groups is 1. The van der Waals surface area contributed by atoms with Gasteiger partial charge in [0.15, 0.2) is 11.0 Å². The van der Waals surface area contributed by atoms with Crippen molar-refractivity contribution < 1.29 is 9.53 Å². The number of aromatic nitrogens is 3. The highest BCUT2D eigenvalue weighted by molar-refractivity contribution is 8.00. The van der Waals surface area contributed by atoms with Gasteiger partial charge in [-0.3, -0.25) is 9.36 Å². The minimum atomic E-state index is -0.224. The summed E-state index contributed by atoms with van der Waals surface area (Å²) in [5.74, 6) is 1.65. The van der Waals surface area contributed by atoms with Gasteiger partial charge < -0.3 is 9.64 Å². The quantitative estimate of drug-likeness (QED) is 0.576. The van der Waals surface area contributed by atoms with Crippen LogP contribution in [0.2, 0.25) is 0 Å². The van der Waals surface area contributed by atoms with Crippen molar-refractivity contribution in [1.82, 2.24) is 19.7 Å². The highest BCUT2D eigenvalue weighted by Crippen LogP contribution is 2.32. The number of nitrogens with zero attached hydrogens (tertiary/aromatic N) is 4. The lowest BCUT2D eigenvalue weighted by Crippen LogP contribution is -2.34. The number of para-hydroxylation sites is 1. The van der Waals surface area contributed by atoms with E-state index in [0.29, 0.717) is 5.16 Å². The van der Waals surface area contributed by atoms with Crippen LogP contribution in [-0.4, -0.2) is 51.0 Å². The van der Waals surface area contributed by atoms with Crippen molar-refractivity contribution in [2.45, 2.75) is 30.2 Å². The van der Waals surface area contributed by atoms with Crippen molar-refractivity contribution in [3.8, 4) is 22.8 Å². The van der Waals surface area contributed by atoms with Gasteiger partial charge in [0.25, 0.3) is 0 Å². The minimum absolute atomic E-state index is 0.165. The molecule has 1 atom stereocenters. The van der Waals surface area contributed by atoms with E-state index >= 15 is 0 Å². The van der Waals surface area contributed by atoms with Crippen LogP contribution < -0.4 is 4.74 Å². The molecule has 1 unspecified atom stereocenters. The van der Waals surface area contributed by atoms with Gasteiger partial charge in [0.1, 0.15) is 5.75 Å². The Balaban J connectivity index is 1.70. The summed E-state index contributed by atoms with van der Waals surface area (Å²) in [6, 6.07) is 17.7. The van der Waals surface area contributed by atoms with E-state index in [0.717, 1.165) is 48.8 Å². The lowest BCUT2D eigenvalue weighted by atomic mass is 10.2. The summed E-state index contributed by atoms with van der Waals surface area (Å²) in [6.45, 7) is 3.65. The Morgan fingerprint density at radius 1 is 1.07 bits per heavy atom. The zero-order valence-electron chi connectivity index (χ0n) is 16.6. The molecule has 6 nitrogen and oxygen atoms in total. The maximum Gasteiger partial charge on any atom is 0.235 e. The lowest BCUT2D eigenvalue weighted by Gasteiger charge is -2.20. The first kappa shape index (κ1) is 19.5. The van der Waals surface area contributed by atoms with Crippen LogP contribution in [0.25, 0.3) is 17.1 Å². The van der Waals surface area contributed by atoms with Gasteiger partial charge in [-0.15, -0.1) is 10.2 Å². The second-order valence-corrected chi connectivity index (χ2v) is 8.31. The first-order chi connectivity index (χ1) is 14.2. The Morgan fingerprint density at radius 3 is 2.55 bits per heavy atom. The van der Waals surface area contributed by atoms with Gasteiger partial charge in [-0.1, -0.05) is 42.1 Å². The topological polar surface area (TPSA) is 60.3 Å². The second-order valence-electron chi connectivity index (χ2n) is 7.00. The predicted molar refractivity (Wildman–Crippen MR) is 114 cm³/mol. The maximum absolute atomic E-state index is 12.8. The molecular formula is C22H24N4O2S. The summed E-state index contributed by atoms with van der Waals surface area (Å²) in [4.78, 5) is 14.7. The number of rotatable bonds is 6. The Bertz CT molecular complexity index is 983. The molecule has 2 heterocycles. The Labute approximate surface area is 174 Å². The molecule has 7 heteroatoms. The molecule has 150 valence electrons. The molecule has 0 N–H and O–H groups in total. The molecule has 0 aliphatic carbocycles. The molecule has 0 bridgehead atoms. The molecule has 4 rings (SSSR count). The highest BCUT2D eigenvalue weighted by Gasteiger charge is 2.26. The lowest BCUT2D eigenvalue weighted by molar-refractivity contribution is -0.129. The number of amides is 1. The van der Waals surface area contributed by atoms with Crippen molar-refractivity contribution in [3.63, 3.8) is 0 Å². The summed E-state index contributed by atoms with van der Waals surface area (Å²) in [6.07, 6.45) is 2.17. The molecule has 2 aromatic carbocycles. The molecule has 1 amide bonds. The molecule has 1 aliphatic rings. The van der Waals surface area contributed by atoms with E-state index in [1.165, 1.54) is 11.8 Å². The summed E-state index contributed by atoms with van der Waals surface area (Å²) in [5.41, 5.74) is 1.87. The van der Waals surface area contributed by atoms with Crippen LogP contribution in [0.1, 0.15) is 19.8 Å². The number of likely N-dealkylation sites (tertiary alicyclic amines) is 1. The van der Waals surface area contributed by atoms with Gasteiger partial charge in [0.2, 0.25) is 5.91 Å². The number of thioether (sulfide) groups is 1. The van der Waals surface area contributed by atoms with E-state index in [1.54, 1.807) is 7.11 Å². The van der Waals surface area contributed by atoms with Crippen LogP contribution in [-0.2, 0) is 4.79 Å². The van der Waals surface area contributed by atoms with E-state index < -0.39 is 0 Å². The molecule has 0 spiro atoms. The van der Waals surface area contributed by atoms with E-state index in [2.05, 4.69) is 10.2 Å². The van der Waals surface area contributed by atoms with Gasteiger partial charge in [0.05, 0.1) is 12.4 Å². The van der Waals surface area contributed by atoms with Crippen molar-refractivity contribution in [3.05, 3.63) is 54.6 Å². The van der Waals surface area contributed by atoms with Gasteiger partial charge in [-0.2, -0.15) is 0 Å². The van der Waals surface area contributed by atoms with E-state index in [-0.39, 0.29) is 11.2 Å². The molecular weight excluding hydrogens is 384 g/mol. The number of ether oxygens (including phenoxy) is 1. The number of hydrogen-bond acceptors (Lipinski definition) is 5. The fourth-order valence-corrected chi connectivity index (χ4v) is 4.46. The number of methoxy groups -OCH3 is 1. The summed E-state index contributed by atoms with van der Waals surface area (Å²) < 4.78 is 7.38. The summed E-state index contributed by atoms with van der Waals surface area (Å²) in [7, 11) is 1.65. The minimum Gasteiger partial charge on any atom is -0.497 e. The number of benzene rings is 2. The number of hydrogen-bond donors (Lipinski definition) is 0. The Kier molecular flexibility index (Phi) is 5.85. The van der Waals surface area contributed by atoms with Gasteiger partial charge in [-0.25, -0.2) is 0 Å². The largest absolute Gasteiger partial charge is 0.497 e. The van der Waals surface area contributed by atoms with Gasteiger partial charge >= 0.3 is 0 Å². The van der Waals surface area contributed by atoms with Gasteiger partial charge in [0, 0.05) is 24.3 Å². The zero-order valence-corrected chi connectivity index (χ0v) is 17.4. The first-order valence-corrected chi connectivity index (χ1v) is 10.7. The third-order valence-electron chi connectivity index (χ3n) is 5.02. The fraction of sp³-hybridized carbons (Fsp3) is 0.318. The maximum atomic E-state index is 12.8. The third kappa shape index (κ3) is 4.15. The highest BCUT2D eigenvalue weighted by atomic mass is 32.2. The summed E-state index contributed by atoms with van der Waals surface area (Å²) >= 11 is 1.45. The average Bonchev–Trinajstić information content (AvgIpc) is 3.44. The molecule has 29 heavy (non-hydrogen) atoms. The van der Waals surface area contributed by atoms with Crippen LogP contribution in [0.15, 0.2) is 59.8 Å². The van der Waals surface area contributed by atoms with Crippen LogP contribution in [0, 0.1) is 0 Å². The third-order valence-corrected chi connectivity index (χ3v) is 6.05. The van der Waals surface area contributed by atoms with E-state index in [1.807, 2.05) is 71.0 Å². The Morgan fingerprint density at radius 2 is 1.83 bits per heavy atom. The van der Waals surface area contributed by atoms with Crippen molar-refractivity contribution in [2.75, 3.05) is 20.2 Å². The monoisotopic (exact) mass is 408 g/mol. The van der Waals surface area contributed by atoms with Crippen LogP contribution >= 0.6 is 11.8 Å². The average molecular weight is 409 g/mol. The van der Waals surface area contributed by atoms with Crippen molar-refractivity contribution >= 4 is 17.7 Å². The smallest absolute Gasteiger partial charge is 0.235 e. The van der Waals surface area contributed by atoms with Crippen molar-refractivity contribution in [2.24, 2.45) is 0 Å². The molecule has 1 aromatic heterocycles. The molecule has 1 aliphatic heterocycles. The Hall–Kier alpha value is -2.80. The first-order valence-electron chi connectivity index (χ1n) is 9.78. The second kappa shape index (κ2) is 8.69. The summed E-state index contributed by atoms with van der Waals surface area (Å²) in [5, 5.41) is 9.38. The molecule has 1 saturated heterocycles. The molecule has 1 fully saturated rings.